The van der Waals surface area contributed by atoms with E-state index in [1.54, 1.807) is 0 Å². The molecular weight excluding hydrogens is 238 g/mol. The summed E-state index contributed by atoms with van der Waals surface area (Å²) in [5.74, 6) is 1.62. The van der Waals surface area contributed by atoms with E-state index in [1.165, 1.54) is 12.8 Å². The molecule has 3 heteroatoms. The third-order valence-electron chi connectivity index (χ3n) is 4.28. The van der Waals surface area contributed by atoms with Crippen LogP contribution >= 0.6 is 0 Å². The molecule has 1 rings (SSSR count). The van der Waals surface area contributed by atoms with Gasteiger partial charge >= 0.3 is 0 Å². The summed E-state index contributed by atoms with van der Waals surface area (Å²) in [7, 11) is 0. The monoisotopic (exact) mass is 271 g/mol. The minimum atomic E-state index is -0.0906. The molecule has 0 atom stereocenters. The zero-order valence-electron chi connectivity index (χ0n) is 13.5. The van der Waals surface area contributed by atoms with E-state index in [-0.39, 0.29) is 11.2 Å². The Morgan fingerprint density at radius 3 is 2.16 bits per heavy atom. The molecule has 0 spiro atoms. The molecule has 3 nitrogen and oxygen atoms in total. The summed E-state index contributed by atoms with van der Waals surface area (Å²) < 4.78 is 11.8. The fraction of sp³-hybridized carbons (Fsp3) is 1.00. The number of hydrogen-bond acceptors (Lipinski definition) is 3. The highest BCUT2D eigenvalue weighted by Crippen LogP contribution is 2.37. The summed E-state index contributed by atoms with van der Waals surface area (Å²) in [5, 5.41) is 0. The van der Waals surface area contributed by atoms with Crippen molar-refractivity contribution >= 4 is 0 Å². The molecule has 1 fully saturated rings. The highest BCUT2D eigenvalue weighted by Gasteiger charge is 2.35. The lowest BCUT2D eigenvalue weighted by molar-refractivity contribution is -0.108. The van der Waals surface area contributed by atoms with Crippen molar-refractivity contribution in [1.29, 1.82) is 0 Å². The summed E-state index contributed by atoms with van der Waals surface area (Å²) in [5.41, 5.74) is 5.78. The lowest BCUT2D eigenvalue weighted by Gasteiger charge is -2.40. The van der Waals surface area contributed by atoms with Gasteiger partial charge in [0.15, 0.2) is 0 Å². The topological polar surface area (TPSA) is 44.5 Å². The third kappa shape index (κ3) is 5.80. The Morgan fingerprint density at radius 2 is 1.74 bits per heavy atom. The Kier molecular flexibility index (Phi) is 6.28. The average Bonchev–Trinajstić information content (AvgIpc) is 2.34. The van der Waals surface area contributed by atoms with Gasteiger partial charge in [-0.25, -0.2) is 0 Å². The Bertz CT molecular complexity index is 250. The van der Waals surface area contributed by atoms with Crippen molar-refractivity contribution in [3.05, 3.63) is 0 Å². The van der Waals surface area contributed by atoms with Crippen LogP contribution < -0.4 is 5.73 Å². The minimum Gasteiger partial charge on any atom is -0.373 e. The normalized spacial score (nSPS) is 28.9. The molecule has 114 valence electrons. The van der Waals surface area contributed by atoms with Crippen LogP contribution in [0.2, 0.25) is 0 Å². The molecule has 0 amide bonds. The maximum atomic E-state index is 6.09. The highest BCUT2D eigenvalue weighted by atomic mass is 16.5. The molecule has 0 aromatic heterocycles. The van der Waals surface area contributed by atoms with Crippen LogP contribution in [0.25, 0.3) is 0 Å². The van der Waals surface area contributed by atoms with Gasteiger partial charge in [0, 0.05) is 6.54 Å². The number of nitrogens with two attached hydrogens (primary N) is 1. The second kappa shape index (κ2) is 7.05. The van der Waals surface area contributed by atoms with Gasteiger partial charge in [-0.2, -0.15) is 0 Å². The van der Waals surface area contributed by atoms with Gasteiger partial charge in [-0.15, -0.1) is 0 Å². The van der Waals surface area contributed by atoms with E-state index in [9.17, 15) is 0 Å². The maximum absolute atomic E-state index is 6.09. The van der Waals surface area contributed by atoms with Crippen LogP contribution in [0.1, 0.15) is 60.3 Å². The molecule has 0 bridgehead atoms. The predicted molar refractivity (Wildman–Crippen MR) is 80.2 cm³/mol. The van der Waals surface area contributed by atoms with Gasteiger partial charge in [0.05, 0.1) is 24.4 Å². The van der Waals surface area contributed by atoms with E-state index in [2.05, 4.69) is 34.6 Å². The van der Waals surface area contributed by atoms with Crippen LogP contribution in [0.15, 0.2) is 0 Å². The Morgan fingerprint density at radius 1 is 1.16 bits per heavy atom. The van der Waals surface area contributed by atoms with Gasteiger partial charge in [-0.3, -0.25) is 0 Å². The van der Waals surface area contributed by atoms with Gasteiger partial charge < -0.3 is 15.2 Å². The van der Waals surface area contributed by atoms with Crippen molar-refractivity contribution in [2.45, 2.75) is 71.5 Å². The molecular formula is C16H33NO2. The Labute approximate surface area is 119 Å². The van der Waals surface area contributed by atoms with Crippen molar-refractivity contribution < 1.29 is 9.47 Å². The van der Waals surface area contributed by atoms with Crippen molar-refractivity contribution in [2.24, 2.45) is 17.6 Å². The lowest BCUT2D eigenvalue weighted by atomic mass is 9.74. The first-order chi connectivity index (χ1) is 8.78. The number of hydrogen-bond donors (Lipinski definition) is 1. The van der Waals surface area contributed by atoms with Crippen LogP contribution in [-0.2, 0) is 9.47 Å². The molecule has 1 aliphatic carbocycles. The van der Waals surface area contributed by atoms with Crippen LogP contribution in [0.4, 0.5) is 0 Å². The standard InChI is InChI=1S/C16H33NO2/c1-13(2)14-6-8-16(12-17,9-7-14)19-11-10-18-15(3,4)5/h13-14H,6-12,17H2,1-5H3. The lowest BCUT2D eigenvalue weighted by Crippen LogP contribution is -2.45. The molecule has 19 heavy (non-hydrogen) atoms. The van der Waals surface area contributed by atoms with Crippen molar-refractivity contribution in [2.75, 3.05) is 19.8 Å². The number of rotatable bonds is 6. The fourth-order valence-corrected chi connectivity index (χ4v) is 2.85. The van der Waals surface area contributed by atoms with E-state index in [4.69, 9.17) is 15.2 Å². The van der Waals surface area contributed by atoms with Crippen LogP contribution in [0, 0.1) is 11.8 Å². The molecule has 0 aliphatic heterocycles. The summed E-state index contributed by atoms with van der Waals surface area (Å²) in [6, 6.07) is 0. The largest absolute Gasteiger partial charge is 0.373 e. The van der Waals surface area contributed by atoms with E-state index in [0.29, 0.717) is 19.8 Å². The fourth-order valence-electron chi connectivity index (χ4n) is 2.85. The average molecular weight is 271 g/mol. The smallest absolute Gasteiger partial charge is 0.0805 e. The van der Waals surface area contributed by atoms with Gasteiger partial charge in [0.1, 0.15) is 0 Å². The molecule has 0 unspecified atom stereocenters. The second-order valence-electron chi connectivity index (χ2n) is 7.28. The Balaban J connectivity index is 2.33. The van der Waals surface area contributed by atoms with Crippen molar-refractivity contribution in [1.82, 2.24) is 0 Å². The third-order valence-corrected chi connectivity index (χ3v) is 4.28. The van der Waals surface area contributed by atoms with Gasteiger partial charge in [0.25, 0.3) is 0 Å². The van der Waals surface area contributed by atoms with Crippen LogP contribution in [-0.4, -0.2) is 31.0 Å². The maximum Gasteiger partial charge on any atom is 0.0805 e. The molecule has 0 heterocycles. The molecule has 0 aromatic rings. The molecule has 1 saturated carbocycles. The zero-order chi connectivity index (χ0) is 14.5. The highest BCUT2D eigenvalue weighted by molar-refractivity contribution is 4.89. The quantitative estimate of drug-likeness (QED) is 0.753. The molecule has 0 saturated heterocycles. The first-order valence-electron chi connectivity index (χ1n) is 7.76. The van der Waals surface area contributed by atoms with Gasteiger partial charge in [-0.1, -0.05) is 13.8 Å². The summed E-state index contributed by atoms with van der Waals surface area (Å²) in [6.07, 6.45) is 4.69. The van der Waals surface area contributed by atoms with Crippen LogP contribution in [0.3, 0.4) is 0 Å². The summed E-state index contributed by atoms with van der Waals surface area (Å²) in [4.78, 5) is 0. The molecule has 2 N–H and O–H groups in total. The van der Waals surface area contributed by atoms with E-state index < -0.39 is 0 Å². The molecule has 0 radical (unpaired) electrons. The predicted octanol–water partition coefficient (Wildman–Crippen LogP) is 3.36. The van der Waals surface area contributed by atoms with E-state index in [0.717, 1.165) is 24.7 Å². The number of ether oxygens (including phenoxy) is 2. The zero-order valence-corrected chi connectivity index (χ0v) is 13.5. The first-order valence-corrected chi connectivity index (χ1v) is 7.76. The second-order valence-corrected chi connectivity index (χ2v) is 7.28. The Hall–Kier alpha value is -0.120. The van der Waals surface area contributed by atoms with E-state index in [1.807, 2.05) is 0 Å². The first kappa shape index (κ1) is 16.9. The van der Waals surface area contributed by atoms with Crippen molar-refractivity contribution in [3.63, 3.8) is 0 Å². The van der Waals surface area contributed by atoms with Crippen LogP contribution in [0.5, 0.6) is 0 Å². The van der Waals surface area contributed by atoms with E-state index >= 15 is 0 Å². The minimum absolute atomic E-state index is 0.0887. The van der Waals surface area contributed by atoms with Crippen molar-refractivity contribution in [3.8, 4) is 0 Å². The van der Waals surface area contributed by atoms with Gasteiger partial charge in [-0.05, 0) is 58.3 Å². The summed E-state index contributed by atoms with van der Waals surface area (Å²) in [6.45, 7) is 12.8. The molecule has 1 aliphatic rings. The SMILES string of the molecule is CC(C)C1CCC(CN)(OCCOC(C)(C)C)CC1. The summed E-state index contributed by atoms with van der Waals surface area (Å²) >= 11 is 0. The van der Waals surface area contributed by atoms with Gasteiger partial charge in [0.2, 0.25) is 0 Å². The molecule has 0 aromatic carbocycles.